The molecule has 0 aromatic carbocycles. The Hall–Kier alpha value is -2.18. The normalized spacial score (nSPS) is 20.5. The van der Waals surface area contributed by atoms with E-state index in [-0.39, 0.29) is 23.3 Å². The van der Waals surface area contributed by atoms with Crippen LogP contribution >= 0.6 is 0 Å². The number of pyridine rings is 1. The summed E-state index contributed by atoms with van der Waals surface area (Å²) in [6.07, 6.45) is 4.46. The molecule has 0 spiro atoms. The fourth-order valence-corrected chi connectivity index (χ4v) is 3.42. The zero-order valence-corrected chi connectivity index (χ0v) is 13.3. The maximum absolute atomic E-state index is 14.6. The summed E-state index contributed by atoms with van der Waals surface area (Å²) in [6.45, 7) is 3.02. The van der Waals surface area contributed by atoms with Crippen molar-refractivity contribution in [1.82, 2.24) is 15.0 Å². The monoisotopic (exact) mass is 318 g/mol. The van der Waals surface area contributed by atoms with Crippen molar-refractivity contribution in [3.63, 3.8) is 0 Å². The SMILES string of the molecule is COc1nc2c3c(nc(C)c(F)c3n1)OCC1CCCCCN21. The van der Waals surface area contributed by atoms with E-state index in [0.29, 0.717) is 23.7 Å². The molecule has 1 saturated heterocycles. The highest BCUT2D eigenvalue weighted by Crippen LogP contribution is 2.39. The van der Waals surface area contributed by atoms with Gasteiger partial charge in [0.25, 0.3) is 0 Å². The van der Waals surface area contributed by atoms with Crippen molar-refractivity contribution < 1.29 is 13.9 Å². The number of rotatable bonds is 1. The number of hydrogen-bond acceptors (Lipinski definition) is 6. The molecule has 7 heteroatoms. The van der Waals surface area contributed by atoms with Crippen LogP contribution in [0.4, 0.5) is 10.2 Å². The lowest BCUT2D eigenvalue weighted by atomic mass is 10.1. The smallest absolute Gasteiger partial charge is 0.318 e. The summed E-state index contributed by atoms with van der Waals surface area (Å²) >= 11 is 0. The molecule has 1 atom stereocenters. The van der Waals surface area contributed by atoms with Gasteiger partial charge in [0.1, 0.15) is 23.3 Å². The zero-order chi connectivity index (χ0) is 16.0. The van der Waals surface area contributed by atoms with Gasteiger partial charge >= 0.3 is 6.01 Å². The summed E-state index contributed by atoms with van der Waals surface area (Å²) in [5.41, 5.74) is 0.496. The molecule has 2 aliphatic rings. The number of ether oxygens (including phenoxy) is 2. The van der Waals surface area contributed by atoms with Gasteiger partial charge in [-0.2, -0.15) is 9.97 Å². The van der Waals surface area contributed by atoms with E-state index in [4.69, 9.17) is 9.47 Å². The van der Waals surface area contributed by atoms with E-state index in [0.717, 1.165) is 25.8 Å². The van der Waals surface area contributed by atoms with Crippen LogP contribution in [0.2, 0.25) is 0 Å². The number of methoxy groups -OCH3 is 1. The van der Waals surface area contributed by atoms with Crippen LogP contribution in [0, 0.1) is 12.7 Å². The Bertz CT molecular complexity index is 768. The summed E-state index contributed by atoms with van der Waals surface area (Å²) in [6, 6.07) is 0.394. The van der Waals surface area contributed by atoms with Crippen molar-refractivity contribution in [2.24, 2.45) is 0 Å². The van der Waals surface area contributed by atoms with E-state index < -0.39 is 5.82 Å². The summed E-state index contributed by atoms with van der Waals surface area (Å²) < 4.78 is 25.7. The van der Waals surface area contributed by atoms with E-state index in [2.05, 4.69) is 19.9 Å². The Balaban J connectivity index is 2.02. The second kappa shape index (κ2) is 5.47. The molecule has 0 N–H and O–H groups in total. The first-order valence-corrected chi connectivity index (χ1v) is 8.00. The van der Waals surface area contributed by atoms with Gasteiger partial charge in [0, 0.05) is 6.54 Å². The van der Waals surface area contributed by atoms with Crippen LogP contribution in [0.25, 0.3) is 10.9 Å². The molecule has 2 aromatic rings. The molecule has 2 aliphatic heterocycles. The Morgan fingerprint density at radius 1 is 1.22 bits per heavy atom. The molecule has 0 saturated carbocycles. The minimum atomic E-state index is -0.442. The van der Waals surface area contributed by atoms with Crippen LogP contribution < -0.4 is 14.4 Å². The highest BCUT2D eigenvalue weighted by atomic mass is 19.1. The maximum atomic E-state index is 14.6. The van der Waals surface area contributed by atoms with Gasteiger partial charge in [-0.25, -0.2) is 9.37 Å². The highest BCUT2D eigenvalue weighted by Gasteiger charge is 2.32. The van der Waals surface area contributed by atoms with Crippen LogP contribution in [0.3, 0.4) is 0 Å². The maximum Gasteiger partial charge on any atom is 0.318 e. The minimum absolute atomic E-state index is 0.174. The van der Waals surface area contributed by atoms with Gasteiger partial charge < -0.3 is 14.4 Å². The summed E-state index contributed by atoms with van der Waals surface area (Å²) in [7, 11) is 1.49. The topological polar surface area (TPSA) is 60.4 Å². The fraction of sp³-hybridized carbons (Fsp3) is 0.562. The molecule has 0 amide bonds. The van der Waals surface area contributed by atoms with E-state index in [1.165, 1.54) is 13.5 Å². The molecule has 1 fully saturated rings. The quantitative estimate of drug-likeness (QED) is 0.805. The molecule has 1 unspecified atom stereocenters. The zero-order valence-electron chi connectivity index (χ0n) is 13.3. The summed E-state index contributed by atoms with van der Waals surface area (Å²) in [4.78, 5) is 15.2. The van der Waals surface area contributed by atoms with Crippen LogP contribution in [0.15, 0.2) is 0 Å². The number of aryl methyl sites for hydroxylation is 1. The van der Waals surface area contributed by atoms with Gasteiger partial charge in [-0.05, 0) is 19.8 Å². The van der Waals surface area contributed by atoms with Crippen LogP contribution in [-0.4, -0.2) is 41.3 Å². The number of hydrogen-bond donors (Lipinski definition) is 0. The predicted octanol–water partition coefficient (Wildman–Crippen LogP) is 2.62. The van der Waals surface area contributed by atoms with Crippen LogP contribution in [0.1, 0.15) is 31.4 Å². The van der Waals surface area contributed by atoms with Crippen molar-refractivity contribution in [2.75, 3.05) is 25.2 Å². The standard InChI is InChI=1S/C16H19FN4O2/c1-9-12(17)13-11-14(20-16(19-13)22-2)21-7-5-3-4-6-10(21)8-23-15(11)18-9/h10H,3-8H2,1-2H3. The molecule has 0 bridgehead atoms. The third-order valence-corrected chi connectivity index (χ3v) is 4.62. The highest BCUT2D eigenvalue weighted by molar-refractivity contribution is 5.95. The second-order valence-corrected chi connectivity index (χ2v) is 6.08. The first-order valence-electron chi connectivity index (χ1n) is 8.00. The van der Waals surface area contributed by atoms with Gasteiger partial charge in [-0.15, -0.1) is 0 Å². The minimum Gasteiger partial charge on any atom is -0.475 e. The molecule has 4 rings (SSSR count). The number of fused-ring (bicyclic) bond motifs is 2. The van der Waals surface area contributed by atoms with Gasteiger partial charge in [0.2, 0.25) is 5.88 Å². The van der Waals surface area contributed by atoms with Crippen LogP contribution in [-0.2, 0) is 0 Å². The molecule has 23 heavy (non-hydrogen) atoms. The molecule has 6 nitrogen and oxygen atoms in total. The number of halogens is 1. The fourth-order valence-electron chi connectivity index (χ4n) is 3.42. The Labute approximate surface area is 133 Å². The van der Waals surface area contributed by atoms with Crippen molar-refractivity contribution in [2.45, 2.75) is 38.6 Å². The average molecular weight is 318 g/mol. The third-order valence-electron chi connectivity index (χ3n) is 4.62. The average Bonchev–Trinajstić information content (AvgIpc) is 2.87. The molecule has 4 heterocycles. The third kappa shape index (κ3) is 2.26. The Morgan fingerprint density at radius 3 is 2.91 bits per heavy atom. The molecule has 0 radical (unpaired) electrons. The summed E-state index contributed by atoms with van der Waals surface area (Å²) in [5, 5.41) is 0.554. The van der Waals surface area contributed by atoms with E-state index in [9.17, 15) is 4.39 Å². The summed E-state index contributed by atoms with van der Waals surface area (Å²) in [5.74, 6) is 0.657. The lowest BCUT2D eigenvalue weighted by molar-refractivity contribution is 0.274. The van der Waals surface area contributed by atoms with Crippen LogP contribution in [0.5, 0.6) is 11.9 Å². The Kier molecular flexibility index (Phi) is 3.43. The molecular formula is C16H19FN4O2. The molecular weight excluding hydrogens is 299 g/mol. The first kappa shape index (κ1) is 14.4. The van der Waals surface area contributed by atoms with E-state index >= 15 is 0 Å². The molecule has 2 aromatic heterocycles. The number of aromatic nitrogens is 3. The van der Waals surface area contributed by atoms with Crippen molar-refractivity contribution in [3.8, 4) is 11.9 Å². The van der Waals surface area contributed by atoms with Crippen molar-refractivity contribution in [1.29, 1.82) is 0 Å². The molecule has 122 valence electrons. The predicted molar refractivity (Wildman–Crippen MR) is 83.7 cm³/mol. The van der Waals surface area contributed by atoms with Gasteiger partial charge in [0.05, 0.1) is 18.8 Å². The van der Waals surface area contributed by atoms with Crippen molar-refractivity contribution in [3.05, 3.63) is 11.5 Å². The van der Waals surface area contributed by atoms with E-state index in [1.807, 2.05) is 0 Å². The van der Waals surface area contributed by atoms with Gasteiger partial charge in [-0.3, -0.25) is 0 Å². The van der Waals surface area contributed by atoms with Crippen molar-refractivity contribution >= 4 is 16.7 Å². The second-order valence-electron chi connectivity index (χ2n) is 6.08. The number of nitrogens with zero attached hydrogens (tertiary/aromatic N) is 4. The van der Waals surface area contributed by atoms with E-state index in [1.54, 1.807) is 6.92 Å². The largest absolute Gasteiger partial charge is 0.475 e. The lowest BCUT2D eigenvalue weighted by Crippen LogP contribution is -2.38. The van der Waals surface area contributed by atoms with Gasteiger partial charge in [-0.1, -0.05) is 12.8 Å². The molecule has 0 aliphatic carbocycles. The van der Waals surface area contributed by atoms with Gasteiger partial charge in [0.15, 0.2) is 5.82 Å². The number of anilines is 1. The first-order chi connectivity index (χ1) is 11.2. The lowest BCUT2D eigenvalue weighted by Gasteiger charge is -2.28. The Morgan fingerprint density at radius 2 is 2.09 bits per heavy atom.